The highest BCUT2D eigenvalue weighted by molar-refractivity contribution is 6.30. The van der Waals surface area contributed by atoms with Gasteiger partial charge in [0.15, 0.2) is 5.96 Å². The van der Waals surface area contributed by atoms with Crippen LogP contribution in [0.1, 0.15) is 12.0 Å². The molecule has 1 aromatic heterocycles. The van der Waals surface area contributed by atoms with E-state index in [1.165, 1.54) is 5.69 Å². The second-order valence-electron chi connectivity index (χ2n) is 7.23. The van der Waals surface area contributed by atoms with Crippen molar-refractivity contribution in [1.82, 2.24) is 9.88 Å². The second kappa shape index (κ2) is 9.33. The van der Waals surface area contributed by atoms with Gasteiger partial charge in [-0.1, -0.05) is 11.6 Å². The van der Waals surface area contributed by atoms with Gasteiger partial charge in [0.25, 0.3) is 0 Å². The molecule has 7 nitrogen and oxygen atoms in total. The minimum atomic E-state index is 0.0863. The molecule has 154 valence electrons. The summed E-state index contributed by atoms with van der Waals surface area (Å²) in [7, 11) is 0. The van der Waals surface area contributed by atoms with Gasteiger partial charge in [0.05, 0.1) is 19.8 Å². The number of ether oxygens (including phenoxy) is 2. The normalized spacial score (nSPS) is 20.2. The van der Waals surface area contributed by atoms with Gasteiger partial charge >= 0.3 is 0 Å². The number of pyridine rings is 1. The average molecular weight is 416 g/mol. The van der Waals surface area contributed by atoms with Crippen LogP contribution in [0.5, 0.6) is 5.88 Å². The van der Waals surface area contributed by atoms with Crippen molar-refractivity contribution in [2.24, 2.45) is 10.7 Å². The first-order valence-electron chi connectivity index (χ1n) is 9.92. The third kappa shape index (κ3) is 5.31. The van der Waals surface area contributed by atoms with Gasteiger partial charge < -0.3 is 25.0 Å². The second-order valence-corrected chi connectivity index (χ2v) is 7.67. The third-order valence-electron chi connectivity index (χ3n) is 5.19. The SMILES string of the molecule is NC(=NCc1ccnc(OC2CCOC2)c1)N1CCN(c2ccc(Cl)cc2)CC1. The van der Waals surface area contributed by atoms with Gasteiger partial charge in [0.1, 0.15) is 6.10 Å². The molecule has 1 unspecified atom stereocenters. The summed E-state index contributed by atoms with van der Waals surface area (Å²) < 4.78 is 11.2. The Hall–Kier alpha value is -2.51. The number of benzene rings is 1. The number of piperazine rings is 1. The van der Waals surface area contributed by atoms with E-state index in [0.29, 0.717) is 25.0 Å². The van der Waals surface area contributed by atoms with E-state index < -0.39 is 0 Å². The lowest BCUT2D eigenvalue weighted by Gasteiger charge is -2.36. The summed E-state index contributed by atoms with van der Waals surface area (Å²) in [6.07, 6.45) is 2.74. The highest BCUT2D eigenvalue weighted by Crippen LogP contribution is 2.20. The fourth-order valence-electron chi connectivity index (χ4n) is 3.51. The largest absolute Gasteiger partial charge is 0.472 e. The van der Waals surface area contributed by atoms with Crippen LogP contribution in [0.3, 0.4) is 0 Å². The molecule has 2 saturated heterocycles. The third-order valence-corrected chi connectivity index (χ3v) is 5.45. The molecule has 3 heterocycles. The van der Waals surface area contributed by atoms with Crippen molar-refractivity contribution in [3.8, 4) is 5.88 Å². The molecule has 8 heteroatoms. The fourth-order valence-corrected chi connectivity index (χ4v) is 3.63. The van der Waals surface area contributed by atoms with Crippen LogP contribution in [0, 0.1) is 0 Å². The summed E-state index contributed by atoms with van der Waals surface area (Å²) in [5.41, 5.74) is 8.45. The predicted octanol–water partition coefficient (Wildman–Crippen LogP) is 2.54. The first kappa shape index (κ1) is 19.8. The van der Waals surface area contributed by atoms with E-state index in [2.05, 4.69) is 31.9 Å². The van der Waals surface area contributed by atoms with Crippen molar-refractivity contribution in [1.29, 1.82) is 0 Å². The summed E-state index contributed by atoms with van der Waals surface area (Å²) in [4.78, 5) is 13.3. The summed E-state index contributed by atoms with van der Waals surface area (Å²) in [6.45, 7) is 5.34. The first-order valence-corrected chi connectivity index (χ1v) is 10.3. The zero-order valence-electron chi connectivity index (χ0n) is 16.3. The van der Waals surface area contributed by atoms with Gasteiger partial charge in [-0.3, -0.25) is 0 Å². The highest BCUT2D eigenvalue weighted by atomic mass is 35.5. The van der Waals surface area contributed by atoms with Gasteiger partial charge in [0, 0.05) is 55.6 Å². The van der Waals surface area contributed by atoms with E-state index in [4.69, 9.17) is 26.8 Å². The van der Waals surface area contributed by atoms with Gasteiger partial charge in [-0.2, -0.15) is 0 Å². The topological polar surface area (TPSA) is 76.2 Å². The maximum absolute atomic E-state index is 6.25. The van der Waals surface area contributed by atoms with Crippen LogP contribution in [0.25, 0.3) is 0 Å². The van der Waals surface area contributed by atoms with E-state index >= 15 is 0 Å². The Morgan fingerprint density at radius 1 is 1.21 bits per heavy atom. The van der Waals surface area contributed by atoms with Crippen LogP contribution in [0.4, 0.5) is 5.69 Å². The maximum atomic E-state index is 6.25. The minimum Gasteiger partial charge on any atom is -0.472 e. The van der Waals surface area contributed by atoms with Gasteiger partial charge in [-0.15, -0.1) is 0 Å². The average Bonchev–Trinajstić information content (AvgIpc) is 3.26. The Morgan fingerprint density at radius 2 is 2.00 bits per heavy atom. The molecule has 0 aliphatic carbocycles. The summed E-state index contributed by atoms with van der Waals surface area (Å²) in [5, 5.41) is 0.755. The number of rotatable bonds is 5. The number of anilines is 1. The van der Waals surface area contributed by atoms with E-state index in [0.717, 1.165) is 49.8 Å². The zero-order chi connectivity index (χ0) is 20.1. The van der Waals surface area contributed by atoms with Crippen LogP contribution in [0.15, 0.2) is 47.6 Å². The maximum Gasteiger partial charge on any atom is 0.213 e. The Kier molecular flexibility index (Phi) is 6.36. The molecule has 0 saturated carbocycles. The van der Waals surface area contributed by atoms with E-state index in [1.807, 2.05) is 24.3 Å². The number of aliphatic imine (C=N–C) groups is 1. The molecule has 2 N–H and O–H groups in total. The lowest BCUT2D eigenvalue weighted by Crippen LogP contribution is -2.51. The monoisotopic (exact) mass is 415 g/mol. The van der Waals surface area contributed by atoms with E-state index in [9.17, 15) is 0 Å². The van der Waals surface area contributed by atoms with Gasteiger partial charge in [-0.05, 0) is 35.9 Å². The molecule has 4 rings (SSSR count). The number of aromatic nitrogens is 1. The lowest BCUT2D eigenvalue weighted by atomic mass is 10.2. The molecule has 0 spiro atoms. The predicted molar refractivity (Wildman–Crippen MR) is 115 cm³/mol. The molecular weight excluding hydrogens is 390 g/mol. The van der Waals surface area contributed by atoms with Crippen LogP contribution in [-0.4, -0.2) is 61.3 Å². The molecule has 29 heavy (non-hydrogen) atoms. The van der Waals surface area contributed by atoms with E-state index in [-0.39, 0.29) is 6.10 Å². The summed E-state index contributed by atoms with van der Waals surface area (Å²) >= 11 is 5.98. The number of nitrogens with two attached hydrogens (primary N) is 1. The Morgan fingerprint density at radius 3 is 2.72 bits per heavy atom. The highest BCUT2D eigenvalue weighted by Gasteiger charge is 2.19. The molecule has 1 atom stereocenters. The molecule has 1 aromatic carbocycles. The Labute approximate surface area is 176 Å². The lowest BCUT2D eigenvalue weighted by molar-refractivity contribution is 0.138. The molecule has 0 bridgehead atoms. The number of nitrogens with zero attached hydrogens (tertiary/aromatic N) is 4. The van der Waals surface area contributed by atoms with Crippen LogP contribution in [0.2, 0.25) is 5.02 Å². The Bertz CT molecular complexity index is 831. The molecule has 2 aromatic rings. The van der Waals surface area contributed by atoms with Crippen LogP contribution >= 0.6 is 11.6 Å². The van der Waals surface area contributed by atoms with Crippen molar-refractivity contribution in [3.63, 3.8) is 0 Å². The molecule has 2 fully saturated rings. The number of hydrogen-bond acceptors (Lipinski definition) is 5. The number of guanidine groups is 1. The van der Waals surface area contributed by atoms with Gasteiger partial charge in [-0.25, -0.2) is 9.98 Å². The van der Waals surface area contributed by atoms with Crippen LogP contribution in [-0.2, 0) is 11.3 Å². The number of hydrogen-bond donors (Lipinski definition) is 1. The van der Waals surface area contributed by atoms with Crippen molar-refractivity contribution in [2.75, 3.05) is 44.3 Å². The van der Waals surface area contributed by atoms with Crippen molar-refractivity contribution in [3.05, 3.63) is 53.2 Å². The van der Waals surface area contributed by atoms with Gasteiger partial charge in [0.2, 0.25) is 5.88 Å². The molecule has 0 radical (unpaired) electrons. The molecule has 2 aliphatic heterocycles. The molecule has 0 amide bonds. The first-order chi connectivity index (χ1) is 14.2. The van der Waals surface area contributed by atoms with Crippen molar-refractivity contribution >= 4 is 23.2 Å². The molecular formula is C21H26ClN5O2. The molecule has 2 aliphatic rings. The number of halogens is 1. The van der Waals surface area contributed by atoms with Crippen LogP contribution < -0.4 is 15.4 Å². The van der Waals surface area contributed by atoms with Crippen molar-refractivity contribution in [2.45, 2.75) is 19.1 Å². The Balaban J connectivity index is 1.29. The summed E-state index contributed by atoms with van der Waals surface area (Å²) in [5.74, 6) is 1.19. The standard InChI is InChI=1S/C21H26ClN5O2/c22-17-1-3-18(4-2-17)26-8-10-27(11-9-26)21(23)25-14-16-5-7-24-20(13-16)29-19-6-12-28-15-19/h1-5,7,13,19H,6,8-12,14-15H2,(H2,23,25). The summed E-state index contributed by atoms with van der Waals surface area (Å²) in [6, 6.07) is 11.8. The fraction of sp³-hybridized carbons (Fsp3) is 0.429. The zero-order valence-corrected chi connectivity index (χ0v) is 17.1. The quantitative estimate of drug-likeness (QED) is 0.597. The van der Waals surface area contributed by atoms with Crippen molar-refractivity contribution < 1.29 is 9.47 Å². The minimum absolute atomic E-state index is 0.0863. The van der Waals surface area contributed by atoms with E-state index in [1.54, 1.807) is 6.20 Å². The smallest absolute Gasteiger partial charge is 0.213 e.